The van der Waals surface area contributed by atoms with Crippen molar-refractivity contribution in [2.75, 3.05) is 0 Å². The van der Waals surface area contributed by atoms with E-state index in [1.165, 1.54) is 44.4 Å². The standard InChI is InChI=1S/C14H21O/c1-9(10(2)15)14-6-11-3-12(7-14)5-13(4-11)8-14/h11-13H,3-8H2,1-2H3. The molecule has 1 radical (unpaired) electrons. The Kier molecular flexibility index (Phi) is 2.03. The summed E-state index contributed by atoms with van der Waals surface area (Å²) in [5, 5.41) is 0. The maximum Gasteiger partial charge on any atom is 0.137 e. The second-order valence-electron chi connectivity index (χ2n) is 6.38. The van der Waals surface area contributed by atoms with Crippen molar-refractivity contribution in [1.82, 2.24) is 0 Å². The fraction of sp³-hybridized carbons (Fsp3) is 0.857. The molecule has 83 valence electrons. The topological polar surface area (TPSA) is 17.1 Å². The Balaban J connectivity index is 1.89. The summed E-state index contributed by atoms with van der Waals surface area (Å²) >= 11 is 0. The molecule has 4 fully saturated rings. The molecule has 0 aromatic heterocycles. The fourth-order valence-electron chi connectivity index (χ4n) is 4.94. The van der Waals surface area contributed by atoms with Crippen molar-refractivity contribution < 1.29 is 4.79 Å². The van der Waals surface area contributed by atoms with Gasteiger partial charge in [-0.2, -0.15) is 0 Å². The molecule has 15 heavy (non-hydrogen) atoms. The fourth-order valence-corrected chi connectivity index (χ4v) is 4.94. The number of ketones is 1. The van der Waals surface area contributed by atoms with E-state index in [2.05, 4.69) is 6.92 Å². The lowest BCUT2D eigenvalue weighted by atomic mass is 9.46. The van der Waals surface area contributed by atoms with Gasteiger partial charge in [0.1, 0.15) is 5.78 Å². The molecule has 4 rings (SSSR count). The molecular weight excluding hydrogens is 184 g/mol. The van der Waals surface area contributed by atoms with E-state index in [0.717, 1.165) is 17.8 Å². The zero-order valence-electron chi connectivity index (χ0n) is 9.88. The van der Waals surface area contributed by atoms with Crippen LogP contribution in [0.3, 0.4) is 0 Å². The lowest BCUT2D eigenvalue weighted by Gasteiger charge is -2.58. The average molecular weight is 205 g/mol. The van der Waals surface area contributed by atoms with E-state index in [1.807, 2.05) is 0 Å². The summed E-state index contributed by atoms with van der Waals surface area (Å²) in [6.45, 7) is 3.86. The molecule has 0 aromatic rings. The SMILES string of the molecule is C[C](C(C)=O)C12CC3CC(CC(C3)C1)C2. The summed E-state index contributed by atoms with van der Waals surface area (Å²) in [5.74, 6) is 4.39. The van der Waals surface area contributed by atoms with Gasteiger partial charge >= 0.3 is 0 Å². The maximum absolute atomic E-state index is 11.6. The molecule has 0 heterocycles. The van der Waals surface area contributed by atoms with Gasteiger partial charge in [0.15, 0.2) is 0 Å². The van der Waals surface area contributed by atoms with Crippen molar-refractivity contribution in [3.05, 3.63) is 5.92 Å². The Bertz CT molecular complexity index is 256. The van der Waals surface area contributed by atoms with Gasteiger partial charge in [-0.25, -0.2) is 0 Å². The van der Waals surface area contributed by atoms with E-state index >= 15 is 0 Å². The normalized spacial score (nSPS) is 47.5. The third-order valence-electron chi connectivity index (χ3n) is 5.36. The number of carbonyl (C=O) groups excluding carboxylic acids is 1. The summed E-state index contributed by atoms with van der Waals surface area (Å²) < 4.78 is 0. The van der Waals surface area contributed by atoms with E-state index in [9.17, 15) is 4.79 Å². The van der Waals surface area contributed by atoms with Gasteiger partial charge in [0, 0.05) is 5.92 Å². The number of carbonyl (C=O) groups is 1. The average Bonchev–Trinajstić information content (AvgIpc) is 2.14. The molecule has 0 spiro atoms. The van der Waals surface area contributed by atoms with Crippen molar-refractivity contribution >= 4 is 5.78 Å². The number of rotatable bonds is 2. The van der Waals surface area contributed by atoms with Crippen molar-refractivity contribution in [3.63, 3.8) is 0 Å². The van der Waals surface area contributed by atoms with Crippen LogP contribution in [0.25, 0.3) is 0 Å². The molecular formula is C14H21O. The van der Waals surface area contributed by atoms with Crippen molar-refractivity contribution in [3.8, 4) is 0 Å². The van der Waals surface area contributed by atoms with E-state index in [-0.39, 0.29) is 0 Å². The third-order valence-corrected chi connectivity index (χ3v) is 5.36. The Morgan fingerprint density at radius 2 is 1.33 bits per heavy atom. The van der Waals surface area contributed by atoms with Crippen LogP contribution >= 0.6 is 0 Å². The van der Waals surface area contributed by atoms with Gasteiger partial charge in [0.25, 0.3) is 0 Å². The van der Waals surface area contributed by atoms with Gasteiger partial charge in [-0.3, -0.25) is 4.79 Å². The van der Waals surface area contributed by atoms with Gasteiger partial charge < -0.3 is 0 Å². The van der Waals surface area contributed by atoms with Gasteiger partial charge in [0.05, 0.1) is 0 Å². The zero-order chi connectivity index (χ0) is 10.6. The first kappa shape index (κ1) is 9.86. The minimum absolute atomic E-state index is 0.344. The quantitative estimate of drug-likeness (QED) is 0.675. The van der Waals surface area contributed by atoms with Crippen LogP contribution in [0.4, 0.5) is 0 Å². The van der Waals surface area contributed by atoms with Crippen LogP contribution in [0.5, 0.6) is 0 Å². The molecule has 0 aliphatic heterocycles. The molecule has 1 heteroatoms. The van der Waals surface area contributed by atoms with Crippen LogP contribution in [0.15, 0.2) is 0 Å². The van der Waals surface area contributed by atoms with E-state index < -0.39 is 0 Å². The number of Topliss-reactive ketones (excluding diaryl/α,β-unsaturated/α-hetero) is 1. The molecule has 0 N–H and O–H groups in total. The number of hydrogen-bond donors (Lipinski definition) is 0. The lowest BCUT2D eigenvalue weighted by molar-refractivity contribution is -0.121. The largest absolute Gasteiger partial charge is 0.299 e. The monoisotopic (exact) mass is 205 g/mol. The van der Waals surface area contributed by atoms with E-state index in [0.29, 0.717) is 11.2 Å². The predicted molar refractivity (Wildman–Crippen MR) is 60.2 cm³/mol. The number of hydrogen-bond acceptors (Lipinski definition) is 1. The molecule has 0 atom stereocenters. The smallest absolute Gasteiger partial charge is 0.137 e. The van der Waals surface area contributed by atoms with Gasteiger partial charge in [-0.1, -0.05) is 6.92 Å². The minimum atomic E-state index is 0.344. The second kappa shape index (κ2) is 3.09. The zero-order valence-corrected chi connectivity index (χ0v) is 9.88. The van der Waals surface area contributed by atoms with Gasteiger partial charge in [-0.15, -0.1) is 0 Å². The minimum Gasteiger partial charge on any atom is -0.299 e. The Hall–Kier alpha value is -0.330. The molecule has 0 aromatic carbocycles. The summed E-state index contributed by atoms with van der Waals surface area (Å²) in [6.07, 6.45) is 8.36. The highest BCUT2D eigenvalue weighted by atomic mass is 16.1. The maximum atomic E-state index is 11.6. The summed E-state index contributed by atoms with van der Waals surface area (Å²) in [5.41, 5.74) is 0.348. The van der Waals surface area contributed by atoms with Gasteiger partial charge in [-0.05, 0) is 68.6 Å². The highest BCUT2D eigenvalue weighted by molar-refractivity contribution is 5.90. The van der Waals surface area contributed by atoms with Crippen LogP contribution < -0.4 is 0 Å². The molecule has 4 aliphatic rings. The molecule has 0 unspecified atom stereocenters. The molecule has 4 bridgehead atoms. The van der Waals surface area contributed by atoms with Crippen molar-refractivity contribution in [2.24, 2.45) is 23.2 Å². The highest BCUT2D eigenvalue weighted by Gasteiger charge is 2.54. The first-order valence-electron chi connectivity index (χ1n) is 6.44. The highest BCUT2D eigenvalue weighted by Crippen LogP contribution is 2.63. The van der Waals surface area contributed by atoms with Crippen LogP contribution in [-0.2, 0) is 4.79 Å². The molecule has 0 amide bonds. The summed E-state index contributed by atoms with van der Waals surface area (Å²) in [4.78, 5) is 11.6. The predicted octanol–water partition coefficient (Wildman–Crippen LogP) is 3.39. The van der Waals surface area contributed by atoms with E-state index in [1.54, 1.807) is 6.92 Å². The lowest BCUT2D eigenvalue weighted by Crippen LogP contribution is -2.49. The Morgan fingerprint density at radius 3 is 1.67 bits per heavy atom. The molecule has 1 nitrogen and oxygen atoms in total. The first-order chi connectivity index (χ1) is 7.09. The van der Waals surface area contributed by atoms with Crippen LogP contribution in [0, 0.1) is 29.1 Å². The van der Waals surface area contributed by atoms with Gasteiger partial charge in [0.2, 0.25) is 0 Å². The molecule has 0 saturated heterocycles. The second-order valence-corrected chi connectivity index (χ2v) is 6.38. The van der Waals surface area contributed by atoms with E-state index in [4.69, 9.17) is 0 Å². The molecule has 4 aliphatic carbocycles. The Morgan fingerprint density at radius 1 is 0.933 bits per heavy atom. The first-order valence-corrected chi connectivity index (χ1v) is 6.44. The molecule has 4 saturated carbocycles. The van der Waals surface area contributed by atoms with Crippen LogP contribution in [0.1, 0.15) is 52.4 Å². The Labute approximate surface area is 92.6 Å². The van der Waals surface area contributed by atoms with Crippen molar-refractivity contribution in [2.45, 2.75) is 52.4 Å². The van der Waals surface area contributed by atoms with Crippen LogP contribution in [0.2, 0.25) is 0 Å². The summed E-state index contributed by atoms with van der Waals surface area (Å²) in [7, 11) is 0. The summed E-state index contributed by atoms with van der Waals surface area (Å²) in [6, 6.07) is 0. The van der Waals surface area contributed by atoms with Crippen LogP contribution in [-0.4, -0.2) is 5.78 Å². The van der Waals surface area contributed by atoms with Crippen molar-refractivity contribution in [1.29, 1.82) is 0 Å². The third kappa shape index (κ3) is 1.38.